The lowest BCUT2D eigenvalue weighted by Crippen LogP contribution is -2.13. The van der Waals surface area contributed by atoms with Crippen molar-refractivity contribution >= 4 is 44.5 Å². The van der Waals surface area contributed by atoms with E-state index in [1.807, 2.05) is 42.5 Å². The predicted molar refractivity (Wildman–Crippen MR) is 108 cm³/mol. The minimum atomic E-state index is -0.327. The third kappa shape index (κ3) is 3.09. The normalized spacial score (nSPS) is 11.0. The molecule has 0 radical (unpaired) electrons. The fraction of sp³-hybridized carbons (Fsp3) is 0. The van der Waals surface area contributed by atoms with Gasteiger partial charge in [-0.1, -0.05) is 51.8 Å². The van der Waals surface area contributed by atoms with E-state index >= 15 is 0 Å². The van der Waals surface area contributed by atoms with E-state index in [1.54, 1.807) is 12.1 Å². The zero-order valence-corrected chi connectivity index (χ0v) is 15.7. The van der Waals surface area contributed by atoms with E-state index in [0.29, 0.717) is 21.7 Å². The van der Waals surface area contributed by atoms with Gasteiger partial charge in [0.1, 0.15) is 0 Å². The largest absolute Gasteiger partial charge is 0.369 e. The van der Waals surface area contributed by atoms with E-state index in [2.05, 4.69) is 30.9 Å². The number of fused-ring (bicyclic) bond motifs is 1. The zero-order valence-electron chi connectivity index (χ0n) is 13.3. The molecule has 128 valence electrons. The molecule has 0 fully saturated rings. The maximum absolute atomic E-state index is 12.5. The number of aromatic amines is 1. The summed E-state index contributed by atoms with van der Waals surface area (Å²) in [6, 6.07) is 16.9. The van der Waals surface area contributed by atoms with Crippen LogP contribution in [-0.2, 0) is 0 Å². The third-order valence-electron chi connectivity index (χ3n) is 3.99. The van der Waals surface area contributed by atoms with Crippen LogP contribution in [-0.4, -0.2) is 15.0 Å². The summed E-state index contributed by atoms with van der Waals surface area (Å²) in [5, 5.41) is 1.01. The lowest BCUT2D eigenvalue weighted by atomic mass is 10.0. The van der Waals surface area contributed by atoms with Crippen LogP contribution < -0.4 is 11.3 Å². The molecule has 5 nitrogen and oxygen atoms in total. The molecular weight excluding hydrogens is 416 g/mol. The summed E-state index contributed by atoms with van der Waals surface area (Å²) in [7, 11) is 0. The van der Waals surface area contributed by atoms with Crippen molar-refractivity contribution in [2.45, 2.75) is 0 Å². The highest BCUT2D eigenvalue weighted by Crippen LogP contribution is 2.31. The first-order valence-corrected chi connectivity index (χ1v) is 8.91. The van der Waals surface area contributed by atoms with E-state index < -0.39 is 0 Å². The van der Waals surface area contributed by atoms with Crippen LogP contribution in [0, 0.1) is 0 Å². The van der Waals surface area contributed by atoms with E-state index in [-0.39, 0.29) is 11.5 Å². The van der Waals surface area contributed by atoms with Gasteiger partial charge < -0.3 is 5.73 Å². The van der Waals surface area contributed by atoms with Gasteiger partial charge in [-0.3, -0.25) is 9.78 Å². The van der Waals surface area contributed by atoms with E-state index in [0.717, 1.165) is 21.2 Å². The maximum Gasteiger partial charge on any atom is 0.262 e. The molecule has 3 N–H and O–H groups in total. The summed E-state index contributed by atoms with van der Waals surface area (Å²) in [6.07, 6.45) is 0. The van der Waals surface area contributed by atoms with Crippen molar-refractivity contribution in [2.24, 2.45) is 0 Å². The molecule has 0 unspecified atom stereocenters. The van der Waals surface area contributed by atoms with Gasteiger partial charge in [-0.15, -0.1) is 0 Å². The lowest BCUT2D eigenvalue weighted by molar-refractivity contribution is 1.16. The molecule has 0 aliphatic rings. The number of halogens is 2. The number of nitrogen functional groups attached to an aromatic ring is 1. The number of nitrogens with two attached hydrogens (primary N) is 1. The molecule has 2 heterocycles. The zero-order chi connectivity index (χ0) is 18.3. The second-order valence-electron chi connectivity index (χ2n) is 5.72. The van der Waals surface area contributed by atoms with E-state index in [1.165, 1.54) is 0 Å². The van der Waals surface area contributed by atoms with Crippen molar-refractivity contribution in [1.29, 1.82) is 0 Å². The van der Waals surface area contributed by atoms with Crippen LogP contribution in [0.4, 0.5) is 5.95 Å². The van der Waals surface area contributed by atoms with Gasteiger partial charge >= 0.3 is 0 Å². The minimum Gasteiger partial charge on any atom is -0.369 e. The Hall–Kier alpha value is -2.70. The van der Waals surface area contributed by atoms with Gasteiger partial charge in [-0.25, -0.2) is 4.98 Å². The van der Waals surface area contributed by atoms with E-state index in [4.69, 9.17) is 17.3 Å². The fourth-order valence-corrected chi connectivity index (χ4v) is 3.17. The fourth-order valence-electron chi connectivity index (χ4n) is 2.78. The Morgan fingerprint density at radius 1 is 0.962 bits per heavy atom. The number of benzene rings is 2. The monoisotopic (exact) mass is 426 g/mol. The van der Waals surface area contributed by atoms with Crippen molar-refractivity contribution in [3.8, 4) is 22.4 Å². The number of nitrogens with one attached hydrogen (secondary N) is 1. The number of anilines is 1. The van der Waals surface area contributed by atoms with Crippen LogP contribution in [0.25, 0.3) is 33.4 Å². The Balaban J connectivity index is 2.05. The van der Waals surface area contributed by atoms with Gasteiger partial charge in [0.15, 0.2) is 5.65 Å². The molecule has 0 spiro atoms. The lowest BCUT2D eigenvalue weighted by Gasteiger charge is -2.10. The van der Waals surface area contributed by atoms with Crippen molar-refractivity contribution in [2.75, 3.05) is 5.73 Å². The molecule has 26 heavy (non-hydrogen) atoms. The Morgan fingerprint density at radius 2 is 1.62 bits per heavy atom. The van der Waals surface area contributed by atoms with Gasteiger partial charge in [0, 0.05) is 20.6 Å². The minimum absolute atomic E-state index is 0.0324. The highest BCUT2D eigenvalue weighted by Gasteiger charge is 2.14. The van der Waals surface area contributed by atoms with Crippen molar-refractivity contribution in [3.05, 3.63) is 74.4 Å². The number of pyridine rings is 1. The molecule has 0 saturated carbocycles. The topological polar surface area (TPSA) is 84.7 Å². The van der Waals surface area contributed by atoms with Crippen LogP contribution >= 0.6 is 27.5 Å². The Kier molecular flexibility index (Phi) is 4.22. The molecule has 0 saturated heterocycles. The molecule has 0 atom stereocenters. The molecule has 2 aromatic heterocycles. The standard InChI is InChI=1S/C19H12BrClN4O/c20-12-5-1-11(2-6-12)15-9-14(10-3-7-13(21)8-4-10)16-17(23-15)24-19(22)25-18(16)26/h1-9H,(H3,22,23,24,25,26). The number of nitrogens with zero attached hydrogens (tertiary/aromatic N) is 2. The number of rotatable bonds is 2. The van der Waals surface area contributed by atoms with Crippen molar-refractivity contribution in [3.63, 3.8) is 0 Å². The Labute approximate surface area is 162 Å². The van der Waals surface area contributed by atoms with Crippen LogP contribution in [0.2, 0.25) is 5.02 Å². The number of aromatic nitrogens is 3. The van der Waals surface area contributed by atoms with Crippen molar-refractivity contribution in [1.82, 2.24) is 15.0 Å². The smallest absolute Gasteiger partial charge is 0.262 e. The number of H-pyrrole nitrogens is 1. The summed E-state index contributed by atoms with van der Waals surface area (Å²) in [5.74, 6) is 0.0324. The van der Waals surface area contributed by atoms with Crippen LogP contribution in [0.3, 0.4) is 0 Å². The molecule has 0 bridgehead atoms. The highest BCUT2D eigenvalue weighted by atomic mass is 79.9. The van der Waals surface area contributed by atoms with E-state index in [9.17, 15) is 4.79 Å². The first-order valence-electron chi connectivity index (χ1n) is 7.74. The molecule has 2 aromatic carbocycles. The van der Waals surface area contributed by atoms with Gasteiger partial charge in [-0.05, 0) is 35.9 Å². The van der Waals surface area contributed by atoms with Gasteiger partial charge in [0.2, 0.25) is 5.95 Å². The average molecular weight is 428 g/mol. The van der Waals surface area contributed by atoms with Crippen LogP contribution in [0.5, 0.6) is 0 Å². The predicted octanol–water partition coefficient (Wildman–Crippen LogP) is 4.65. The summed E-state index contributed by atoms with van der Waals surface area (Å²) >= 11 is 9.43. The summed E-state index contributed by atoms with van der Waals surface area (Å²) < 4.78 is 0.971. The third-order valence-corrected chi connectivity index (χ3v) is 4.77. The average Bonchev–Trinajstić information content (AvgIpc) is 2.61. The molecule has 4 rings (SSSR count). The van der Waals surface area contributed by atoms with Crippen LogP contribution in [0.15, 0.2) is 63.9 Å². The maximum atomic E-state index is 12.5. The number of hydrogen-bond donors (Lipinski definition) is 2. The molecular formula is C19H12BrClN4O. The second kappa shape index (κ2) is 6.55. The van der Waals surface area contributed by atoms with Gasteiger partial charge in [0.25, 0.3) is 5.56 Å². The van der Waals surface area contributed by atoms with Gasteiger partial charge in [-0.2, -0.15) is 4.98 Å². The number of hydrogen-bond acceptors (Lipinski definition) is 4. The molecule has 0 aliphatic heterocycles. The molecule has 0 aliphatic carbocycles. The molecule has 0 amide bonds. The van der Waals surface area contributed by atoms with Crippen molar-refractivity contribution < 1.29 is 0 Å². The first-order chi connectivity index (χ1) is 12.5. The summed E-state index contributed by atoms with van der Waals surface area (Å²) in [4.78, 5) is 23.8. The highest BCUT2D eigenvalue weighted by molar-refractivity contribution is 9.10. The van der Waals surface area contributed by atoms with Gasteiger partial charge in [0.05, 0.1) is 11.1 Å². The quantitative estimate of drug-likeness (QED) is 0.487. The first kappa shape index (κ1) is 16.8. The SMILES string of the molecule is Nc1nc2nc(-c3ccc(Br)cc3)cc(-c3ccc(Cl)cc3)c2c(=O)[nH]1. The molecule has 7 heteroatoms. The summed E-state index contributed by atoms with van der Waals surface area (Å²) in [5.41, 5.74) is 8.86. The summed E-state index contributed by atoms with van der Waals surface area (Å²) in [6.45, 7) is 0. The second-order valence-corrected chi connectivity index (χ2v) is 7.07. The Bertz CT molecular complexity index is 1170. The Morgan fingerprint density at radius 3 is 2.31 bits per heavy atom. The van der Waals surface area contributed by atoms with Crippen LogP contribution in [0.1, 0.15) is 0 Å². The molecule has 4 aromatic rings.